The summed E-state index contributed by atoms with van der Waals surface area (Å²) in [6.07, 6.45) is 6.55. The minimum atomic E-state index is -0.558. The van der Waals surface area contributed by atoms with Crippen LogP contribution in [0.3, 0.4) is 0 Å². The Morgan fingerprint density at radius 1 is 1.38 bits per heavy atom. The molecule has 2 N–H and O–H groups in total. The van der Waals surface area contributed by atoms with E-state index in [1.165, 1.54) is 6.07 Å². The summed E-state index contributed by atoms with van der Waals surface area (Å²) >= 11 is 0. The van der Waals surface area contributed by atoms with Gasteiger partial charge in [0.05, 0.1) is 10.5 Å². The lowest BCUT2D eigenvalue weighted by Crippen LogP contribution is -2.46. The molecule has 1 aliphatic heterocycles. The van der Waals surface area contributed by atoms with Gasteiger partial charge in [0, 0.05) is 18.7 Å². The van der Waals surface area contributed by atoms with E-state index in [-0.39, 0.29) is 29.0 Å². The molecule has 2 fully saturated rings. The number of nitrogens with zero attached hydrogens (tertiary/aromatic N) is 3. The van der Waals surface area contributed by atoms with Crippen molar-refractivity contribution in [1.29, 1.82) is 0 Å². The highest BCUT2D eigenvalue weighted by Gasteiger charge is 2.38. The van der Waals surface area contributed by atoms with E-state index < -0.39 is 4.92 Å². The van der Waals surface area contributed by atoms with Gasteiger partial charge in [0.2, 0.25) is 0 Å². The smallest absolute Gasteiger partial charge is 0.288 e. The second-order valence-electron chi connectivity index (χ2n) is 5.78. The fourth-order valence-electron chi connectivity index (χ4n) is 3.60. The van der Waals surface area contributed by atoms with Gasteiger partial charge in [0.25, 0.3) is 11.6 Å². The van der Waals surface area contributed by atoms with E-state index in [4.69, 9.17) is 5.73 Å². The molecule has 0 radical (unpaired) electrons. The summed E-state index contributed by atoms with van der Waals surface area (Å²) in [5.74, 6) is 0.404. The predicted octanol–water partition coefficient (Wildman–Crippen LogP) is 1.98. The van der Waals surface area contributed by atoms with Crippen LogP contribution < -0.4 is 5.73 Å². The maximum atomic E-state index is 12.7. The van der Waals surface area contributed by atoms with Crippen molar-refractivity contribution in [3.8, 4) is 0 Å². The van der Waals surface area contributed by atoms with E-state index in [2.05, 4.69) is 4.98 Å². The molecule has 1 saturated heterocycles. The third-order valence-electron chi connectivity index (χ3n) is 4.60. The molecule has 0 spiro atoms. The number of nitro groups is 1. The number of carbonyl (C=O) groups is 1. The molecule has 7 nitrogen and oxygen atoms in total. The third-order valence-corrected chi connectivity index (χ3v) is 4.60. The largest absolute Gasteiger partial charge is 0.383 e. The number of anilines is 1. The van der Waals surface area contributed by atoms with Crippen LogP contribution in [0.25, 0.3) is 0 Å². The lowest BCUT2D eigenvalue weighted by atomic mass is 9.91. The number of piperidine rings is 1. The molecule has 112 valence electrons. The van der Waals surface area contributed by atoms with Crippen molar-refractivity contribution in [2.24, 2.45) is 5.92 Å². The van der Waals surface area contributed by atoms with Crippen LogP contribution in [-0.4, -0.2) is 33.3 Å². The molecule has 1 aliphatic carbocycles. The Balaban J connectivity index is 1.90. The molecule has 2 heterocycles. The van der Waals surface area contributed by atoms with Crippen molar-refractivity contribution in [1.82, 2.24) is 9.88 Å². The van der Waals surface area contributed by atoms with Crippen LogP contribution in [0.15, 0.2) is 12.3 Å². The number of pyridine rings is 1. The van der Waals surface area contributed by atoms with E-state index in [0.717, 1.165) is 38.3 Å². The second-order valence-corrected chi connectivity index (χ2v) is 5.78. The molecule has 2 unspecified atom stereocenters. The highest BCUT2D eigenvalue weighted by molar-refractivity contribution is 5.99. The standard InChI is InChI=1S/C14H18N4O3/c15-13-11(7-10(8-16-13)18(20)21)14(19)17-6-2-4-9-3-1-5-12(9)17/h7-9,12H,1-6H2,(H2,15,16). The third kappa shape index (κ3) is 2.43. The van der Waals surface area contributed by atoms with Gasteiger partial charge in [-0.1, -0.05) is 6.42 Å². The summed E-state index contributed by atoms with van der Waals surface area (Å²) in [7, 11) is 0. The SMILES string of the molecule is Nc1ncc([N+](=O)[O-])cc1C(=O)N1CCCC2CCCC21. The maximum absolute atomic E-state index is 12.7. The number of hydrogen-bond donors (Lipinski definition) is 1. The van der Waals surface area contributed by atoms with Crippen LogP contribution in [0.5, 0.6) is 0 Å². The number of hydrogen-bond acceptors (Lipinski definition) is 5. The Labute approximate surface area is 122 Å². The Kier molecular flexibility index (Phi) is 3.48. The molecule has 0 aromatic carbocycles. The molecule has 1 aromatic heterocycles. The van der Waals surface area contributed by atoms with Crippen LogP contribution in [0, 0.1) is 16.0 Å². The summed E-state index contributed by atoms with van der Waals surface area (Å²) < 4.78 is 0. The van der Waals surface area contributed by atoms with E-state index in [9.17, 15) is 14.9 Å². The van der Waals surface area contributed by atoms with Crippen molar-refractivity contribution in [3.63, 3.8) is 0 Å². The Morgan fingerprint density at radius 2 is 2.14 bits per heavy atom. The van der Waals surface area contributed by atoms with Gasteiger partial charge in [-0.2, -0.15) is 0 Å². The van der Waals surface area contributed by atoms with Crippen molar-refractivity contribution in [3.05, 3.63) is 27.9 Å². The molecule has 2 aliphatic rings. The normalized spacial score (nSPS) is 24.7. The van der Waals surface area contributed by atoms with Gasteiger partial charge in [-0.25, -0.2) is 4.98 Å². The minimum Gasteiger partial charge on any atom is -0.383 e. The highest BCUT2D eigenvalue weighted by atomic mass is 16.6. The van der Waals surface area contributed by atoms with E-state index in [1.807, 2.05) is 4.90 Å². The van der Waals surface area contributed by atoms with Crippen LogP contribution in [0.1, 0.15) is 42.5 Å². The first-order chi connectivity index (χ1) is 10.1. The fourth-order valence-corrected chi connectivity index (χ4v) is 3.60. The van der Waals surface area contributed by atoms with Crippen molar-refractivity contribution in [2.45, 2.75) is 38.1 Å². The number of carbonyl (C=O) groups excluding carboxylic acids is 1. The number of aromatic nitrogens is 1. The van der Waals surface area contributed by atoms with E-state index in [0.29, 0.717) is 12.5 Å². The molecule has 1 aromatic rings. The van der Waals surface area contributed by atoms with Crippen LogP contribution in [0.2, 0.25) is 0 Å². The first kappa shape index (κ1) is 13.8. The first-order valence-corrected chi connectivity index (χ1v) is 7.29. The number of nitrogens with two attached hydrogens (primary N) is 1. The number of amides is 1. The number of nitrogen functional groups attached to an aromatic ring is 1. The molecule has 1 saturated carbocycles. The zero-order chi connectivity index (χ0) is 15.0. The fraction of sp³-hybridized carbons (Fsp3) is 0.571. The van der Waals surface area contributed by atoms with Crippen molar-refractivity contribution >= 4 is 17.4 Å². The second kappa shape index (κ2) is 5.31. The molecular weight excluding hydrogens is 272 g/mol. The molecule has 2 atom stereocenters. The lowest BCUT2D eigenvalue weighted by Gasteiger charge is -2.37. The Hall–Kier alpha value is -2.18. The topological polar surface area (TPSA) is 102 Å². The number of likely N-dealkylation sites (tertiary alicyclic amines) is 1. The minimum absolute atomic E-state index is 0.0609. The van der Waals surface area contributed by atoms with Crippen molar-refractivity contribution in [2.75, 3.05) is 12.3 Å². The summed E-state index contributed by atoms with van der Waals surface area (Å²) in [6, 6.07) is 1.49. The molecule has 3 rings (SSSR count). The summed E-state index contributed by atoms with van der Waals surface area (Å²) in [5.41, 5.74) is 5.70. The van der Waals surface area contributed by atoms with Crippen LogP contribution in [0.4, 0.5) is 11.5 Å². The Morgan fingerprint density at radius 3 is 2.90 bits per heavy atom. The van der Waals surface area contributed by atoms with E-state index in [1.54, 1.807) is 0 Å². The van der Waals surface area contributed by atoms with Gasteiger partial charge in [-0.05, 0) is 31.6 Å². The zero-order valence-corrected chi connectivity index (χ0v) is 11.7. The monoisotopic (exact) mass is 290 g/mol. The predicted molar refractivity (Wildman–Crippen MR) is 76.7 cm³/mol. The van der Waals surface area contributed by atoms with Gasteiger partial charge in [0.15, 0.2) is 0 Å². The van der Waals surface area contributed by atoms with Gasteiger partial charge >= 0.3 is 0 Å². The lowest BCUT2D eigenvalue weighted by molar-refractivity contribution is -0.385. The van der Waals surface area contributed by atoms with Gasteiger partial charge in [-0.15, -0.1) is 0 Å². The van der Waals surface area contributed by atoms with Crippen LogP contribution >= 0.6 is 0 Å². The van der Waals surface area contributed by atoms with Crippen LogP contribution in [-0.2, 0) is 0 Å². The van der Waals surface area contributed by atoms with Crippen molar-refractivity contribution < 1.29 is 9.72 Å². The zero-order valence-electron chi connectivity index (χ0n) is 11.7. The molecule has 1 amide bonds. The van der Waals surface area contributed by atoms with Gasteiger partial charge < -0.3 is 10.6 Å². The summed E-state index contributed by atoms with van der Waals surface area (Å²) in [5, 5.41) is 10.8. The average Bonchev–Trinajstić information content (AvgIpc) is 2.95. The molecule has 7 heteroatoms. The maximum Gasteiger partial charge on any atom is 0.288 e. The van der Waals surface area contributed by atoms with E-state index >= 15 is 0 Å². The van der Waals surface area contributed by atoms with Gasteiger partial charge in [-0.3, -0.25) is 14.9 Å². The summed E-state index contributed by atoms with van der Waals surface area (Å²) in [6.45, 7) is 0.697. The first-order valence-electron chi connectivity index (χ1n) is 7.29. The number of fused-ring (bicyclic) bond motifs is 1. The summed E-state index contributed by atoms with van der Waals surface area (Å²) in [4.78, 5) is 28.6. The number of rotatable bonds is 2. The molecule has 0 bridgehead atoms. The quantitative estimate of drug-likeness (QED) is 0.662. The molecule has 21 heavy (non-hydrogen) atoms. The Bertz CT molecular complexity index is 590. The average molecular weight is 290 g/mol. The van der Waals surface area contributed by atoms with Gasteiger partial charge in [0.1, 0.15) is 12.0 Å². The molecular formula is C14H18N4O3. The highest BCUT2D eigenvalue weighted by Crippen LogP contribution is 2.37.